The molecule has 1 aromatic carbocycles. The van der Waals surface area contributed by atoms with E-state index in [4.69, 9.17) is 0 Å². The number of nitrogens with one attached hydrogen (secondary N) is 1. The fraction of sp³-hybridized carbons (Fsp3) is 0.647. The highest BCUT2D eigenvalue weighted by Gasteiger charge is 2.17. The van der Waals surface area contributed by atoms with Gasteiger partial charge in [-0.25, -0.2) is 0 Å². The van der Waals surface area contributed by atoms with Gasteiger partial charge in [0.05, 0.1) is 0 Å². The zero-order chi connectivity index (χ0) is 14.4. The maximum Gasteiger partial charge on any atom is 0.0370 e. The van der Waals surface area contributed by atoms with E-state index in [1.165, 1.54) is 43.7 Å². The van der Waals surface area contributed by atoms with E-state index in [-0.39, 0.29) is 0 Å². The lowest BCUT2D eigenvalue weighted by atomic mass is 9.97. The van der Waals surface area contributed by atoms with Crippen LogP contribution < -0.4 is 5.32 Å². The molecule has 0 spiro atoms. The molecule has 0 unspecified atom stereocenters. The monoisotopic (exact) mass is 275 g/mol. The molecule has 3 heteroatoms. The van der Waals surface area contributed by atoms with Crippen molar-refractivity contribution in [3.8, 4) is 0 Å². The van der Waals surface area contributed by atoms with E-state index in [1.54, 1.807) is 0 Å². The lowest BCUT2D eigenvalue weighted by Gasteiger charge is -2.31. The Morgan fingerprint density at radius 2 is 1.95 bits per heavy atom. The molecule has 1 N–H and O–H groups in total. The maximum atomic E-state index is 3.54. The Morgan fingerprint density at radius 1 is 1.25 bits per heavy atom. The van der Waals surface area contributed by atoms with Gasteiger partial charge in [-0.1, -0.05) is 18.2 Å². The number of aryl methyl sites for hydroxylation is 1. The zero-order valence-corrected chi connectivity index (χ0v) is 13.2. The van der Waals surface area contributed by atoms with Crippen LogP contribution in [0.3, 0.4) is 0 Å². The molecule has 1 aliphatic heterocycles. The van der Waals surface area contributed by atoms with Crippen LogP contribution in [0.5, 0.6) is 0 Å². The van der Waals surface area contributed by atoms with Crippen molar-refractivity contribution >= 4 is 5.69 Å². The molecule has 20 heavy (non-hydrogen) atoms. The number of rotatable bonds is 6. The first-order valence-electron chi connectivity index (χ1n) is 7.81. The summed E-state index contributed by atoms with van der Waals surface area (Å²) < 4.78 is 0. The minimum Gasteiger partial charge on any atom is -0.384 e. The fourth-order valence-electron chi connectivity index (χ4n) is 2.93. The number of likely N-dealkylation sites (N-methyl/N-ethyl adjacent to an activating group) is 1. The Morgan fingerprint density at radius 3 is 2.65 bits per heavy atom. The van der Waals surface area contributed by atoms with E-state index < -0.39 is 0 Å². The van der Waals surface area contributed by atoms with Crippen LogP contribution in [-0.4, -0.2) is 56.6 Å². The van der Waals surface area contributed by atoms with Gasteiger partial charge in [0.15, 0.2) is 0 Å². The average Bonchev–Trinajstić information content (AvgIpc) is 2.43. The third-order valence-electron chi connectivity index (χ3n) is 4.36. The van der Waals surface area contributed by atoms with Crippen LogP contribution in [0.2, 0.25) is 0 Å². The Labute approximate surface area is 124 Å². The number of hydrogen-bond acceptors (Lipinski definition) is 3. The van der Waals surface area contributed by atoms with Crippen LogP contribution in [0.1, 0.15) is 18.4 Å². The fourth-order valence-corrected chi connectivity index (χ4v) is 2.93. The number of likely N-dealkylation sites (tertiary alicyclic amines) is 1. The van der Waals surface area contributed by atoms with Gasteiger partial charge in [-0.15, -0.1) is 0 Å². The summed E-state index contributed by atoms with van der Waals surface area (Å²) in [6.45, 7) is 8.06. The van der Waals surface area contributed by atoms with Crippen LogP contribution in [0, 0.1) is 12.8 Å². The average molecular weight is 275 g/mol. The van der Waals surface area contributed by atoms with Gasteiger partial charge < -0.3 is 15.1 Å². The highest BCUT2D eigenvalue weighted by molar-refractivity contribution is 5.50. The lowest BCUT2D eigenvalue weighted by molar-refractivity contribution is 0.178. The Bertz CT molecular complexity index is 397. The van der Waals surface area contributed by atoms with Crippen LogP contribution in [0.25, 0.3) is 0 Å². The molecule has 3 nitrogen and oxygen atoms in total. The molecule has 1 saturated heterocycles. The second-order valence-electron chi connectivity index (χ2n) is 6.25. The Hall–Kier alpha value is -1.06. The van der Waals surface area contributed by atoms with Gasteiger partial charge in [-0.05, 0) is 64.5 Å². The first-order chi connectivity index (χ1) is 9.65. The molecule has 1 aliphatic rings. The summed E-state index contributed by atoms with van der Waals surface area (Å²) in [6.07, 6.45) is 2.71. The Balaban J connectivity index is 1.65. The summed E-state index contributed by atoms with van der Waals surface area (Å²) >= 11 is 0. The number of hydrogen-bond donors (Lipinski definition) is 1. The van der Waals surface area contributed by atoms with Gasteiger partial charge in [-0.2, -0.15) is 0 Å². The summed E-state index contributed by atoms with van der Waals surface area (Å²) in [4.78, 5) is 4.91. The first-order valence-corrected chi connectivity index (χ1v) is 7.81. The van der Waals surface area contributed by atoms with E-state index in [1.807, 2.05) is 0 Å². The third kappa shape index (κ3) is 4.80. The van der Waals surface area contributed by atoms with Crippen molar-refractivity contribution in [2.45, 2.75) is 19.8 Å². The second-order valence-corrected chi connectivity index (χ2v) is 6.25. The molecule has 112 valence electrons. The molecule has 1 heterocycles. The molecule has 0 bridgehead atoms. The van der Waals surface area contributed by atoms with Crippen molar-refractivity contribution in [1.82, 2.24) is 9.80 Å². The zero-order valence-electron chi connectivity index (χ0n) is 13.2. The molecular formula is C17H29N3. The number of nitrogens with zero attached hydrogens (tertiary/aromatic N) is 2. The smallest absolute Gasteiger partial charge is 0.0370 e. The van der Waals surface area contributed by atoms with Gasteiger partial charge in [0, 0.05) is 25.3 Å². The highest BCUT2D eigenvalue weighted by Crippen LogP contribution is 2.17. The largest absolute Gasteiger partial charge is 0.384 e. The number of para-hydroxylation sites is 1. The summed E-state index contributed by atoms with van der Waals surface area (Å²) in [7, 11) is 4.48. The van der Waals surface area contributed by atoms with Crippen LogP contribution in [0.4, 0.5) is 5.69 Å². The minimum absolute atomic E-state index is 0.884. The SMILES string of the molecule is Cc1ccccc1NCCN(C)CC1CCN(C)CC1. The summed E-state index contributed by atoms with van der Waals surface area (Å²) in [5.74, 6) is 0.884. The number of benzene rings is 1. The quantitative estimate of drug-likeness (QED) is 0.861. The summed E-state index contributed by atoms with van der Waals surface area (Å²) in [5.41, 5.74) is 2.59. The van der Waals surface area contributed by atoms with Gasteiger partial charge in [0.25, 0.3) is 0 Å². The lowest BCUT2D eigenvalue weighted by Crippen LogP contribution is -2.37. The molecule has 0 amide bonds. The number of piperidine rings is 1. The van der Waals surface area contributed by atoms with E-state index in [0.29, 0.717) is 0 Å². The summed E-state index contributed by atoms with van der Waals surface area (Å²) in [5, 5.41) is 3.54. The van der Waals surface area contributed by atoms with Crippen LogP contribution in [0.15, 0.2) is 24.3 Å². The maximum absolute atomic E-state index is 3.54. The molecule has 0 aromatic heterocycles. The molecule has 2 rings (SSSR count). The van der Waals surface area contributed by atoms with E-state index in [2.05, 4.69) is 60.4 Å². The molecule has 0 radical (unpaired) electrons. The van der Waals surface area contributed by atoms with Crippen LogP contribution in [-0.2, 0) is 0 Å². The molecule has 1 fully saturated rings. The van der Waals surface area contributed by atoms with Gasteiger partial charge in [0.2, 0.25) is 0 Å². The molecule has 1 aromatic rings. The van der Waals surface area contributed by atoms with E-state index in [9.17, 15) is 0 Å². The molecular weight excluding hydrogens is 246 g/mol. The van der Waals surface area contributed by atoms with Gasteiger partial charge >= 0.3 is 0 Å². The standard InChI is InChI=1S/C17H29N3/c1-15-6-4-5-7-17(15)18-10-13-20(3)14-16-8-11-19(2)12-9-16/h4-7,16,18H,8-14H2,1-3H3. The van der Waals surface area contributed by atoms with Crippen molar-refractivity contribution in [2.75, 3.05) is 52.1 Å². The first kappa shape index (κ1) is 15.3. The van der Waals surface area contributed by atoms with Gasteiger partial charge in [-0.3, -0.25) is 0 Å². The third-order valence-corrected chi connectivity index (χ3v) is 4.36. The molecule has 0 atom stereocenters. The molecule has 0 saturated carbocycles. The second kappa shape index (κ2) is 7.65. The Kier molecular flexibility index (Phi) is 5.86. The highest BCUT2D eigenvalue weighted by atomic mass is 15.1. The van der Waals surface area contributed by atoms with Crippen molar-refractivity contribution in [3.05, 3.63) is 29.8 Å². The van der Waals surface area contributed by atoms with E-state index >= 15 is 0 Å². The van der Waals surface area contributed by atoms with Crippen molar-refractivity contribution < 1.29 is 0 Å². The van der Waals surface area contributed by atoms with Crippen molar-refractivity contribution in [3.63, 3.8) is 0 Å². The molecule has 0 aliphatic carbocycles. The topological polar surface area (TPSA) is 18.5 Å². The van der Waals surface area contributed by atoms with Crippen LogP contribution >= 0.6 is 0 Å². The van der Waals surface area contributed by atoms with Crippen molar-refractivity contribution in [2.24, 2.45) is 5.92 Å². The number of anilines is 1. The van der Waals surface area contributed by atoms with E-state index in [0.717, 1.165) is 19.0 Å². The predicted octanol–water partition coefficient (Wildman–Crippen LogP) is 2.68. The normalized spacial score (nSPS) is 17.6. The summed E-state index contributed by atoms with van der Waals surface area (Å²) in [6, 6.07) is 8.50. The predicted molar refractivity (Wildman–Crippen MR) is 87.4 cm³/mol. The van der Waals surface area contributed by atoms with Crippen molar-refractivity contribution in [1.29, 1.82) is 0 Å². The minimum atomic E-state index is 0.884. The van der Waals surface area contributed by atoms with Gasteiger partial charge in [0.1, 0.15) is 0 Å².